The van der Waals surface area contributed by atoms with E-state index in [2.05, 4.69) is 15.0 Å². The van der Waals surface area contributed by atoms with Crippen molar-refractivity contribution in [2.75, 3.05) is 5.73 Å². The zero-order chi connectivity index (χ0) is 24.4. The number of carbonyl (C=O) groups is 3. The number of hydrogen-bond acceptors (Lipinski definition) is 6. The Morgan fingerprint density at radius 1 is 0.968 bits per heavy atom. The molecule has 0 radical (unpaired) electrons. The number of carboxylic acid groups (broad SMARTS) is 3. The molecule has 0 aromatic carbocycles. The highest BCUT2D eigenvalue weighted by atomic mass is 19.4. The maximum absolute atomic E-state index is 11.2. The minimum atomic E-state index is -5.08. The first kappa shape index (κ1) is 27.1. The lowest BCUT2D eigenvalue weighted by atomic mass is 10.00. The first-order chi connectivity index (χ1) is 14.1. The Balaban J connectivity index is 0.000000536. The summed E-state index contributed by atoms with van der Waals surface area (Å²) in [6.07, 6.45) is -5.12. The molecule has 10 nitrogen and oxygen atoms in total. The molecule has 31 heavy (non-hydrogen) atoms. The molecule has 1 unspecified atom stereocenters. The Morgan fingerprint density at radius 2 is 1.45 bits per heavy atom. The normalized spacial score (nSPS) is 11.8. The summed E-state index contributed by atoms with van der Waals surface area (Å²) in [7, 11) is 0. The molecule has 0 fully saturated rings. The largest absolute Gasteiger partial charge is 0.490 e. The van der Waals surface area contributed by atoms with E-state index < -0.39 is 36.2 Å². The van der Waals surface area contributed by atoms with Gasteiger partial charge in [-0.2, -0.15) is 26.3 Å². The fourth-order valence-electron chi connectivity index (χ4n) is 1.56. The molecule has 2 aromatic heterocycles. The minimum absolute atomic E-state index is 0.329. The van der Waals surface area contributed by atoms with E-state index in [0.29, 0.717) is 18.1 Å². The van der Waals surface area contributed by atoms with Crippen LogP contribution >= 0.6 is 0 Å². The second-order valence-electron chi connectivity index (χ2n) is 5.27. The average Bonchev–Trinajstić information content (AvgIpc) is 3.14. The quantitative estimate of drug-likeness (QED) is 0.427. The van der Waals surface area contributed by atoms with E-state index in [1.165, 1.54) is 6.20 Å². The van der Waals surface area contributed by atoms with E-state index in [4.69, 9.17) is 30.6 Å². The van der Waals surface area contributed by atoms with E-state index in [-0.39, 0.29) is 0 Å². The Kier molecular flexibility index (Phi) is 9.95. The molecule has 2 aromatic rings. The molecule has 1 atom stereocenters. The molecule has 0 aliphatic carbocycles. The van der Waals surface area contributed by atoms with Crippen LogP contribution in [0.3, 0.4) is 0 Å². The topological polar surface area (TPSA) is 179 Å². The molecule has 2 rings (SSSR count). The third kappa shape index (κ3) is 11.1. The van der Waals surface area contributed by atoms with Gasteiger partial charge in [0, 0.05) is 18.6 Å². The highest BCUT2D eigenvalue weighted by Crippen LogP contribution is 2.18. The number of anilines is 1. The van der Waals surface area contributed by atoms with Crippen molar-refractivity contribution in [3.05, 3.63) is 42.1 Å². The van der Waals surface area contributed by atoms with Gasteiger partial charge in [-0.1, -0.05) is 6.07 Å². The number of nitrogen functional groups attached to an aromatic ring is 1. The summed E-state index contributed by atoms with van der Waals surface area (Å²) in [5.74, 6) is -6.28. The zero-order valence-corrected chi connectivity index (χ0v) is 15.0. The van der Waals surface area contributed by atoms with Crippen LogP contribution in [0.4, 0.5) is 32.2 Å². The predicted molar refractivity (Wildman–Crippen MR) is 88.7 cm³/mol. The monoisotopic (exact) mass is 460 g/mol. The van der Waals surface area contributed by atoms with Gasteiger partial charge in [0.25, 0.3) is 0 Å². The van der Waals surface area contributed by atoms with Gasteiger partial charge in [0.2, 0.25) is 0 Å². The highest BCUT2D eigenvalue weighted by Gasteiger charge is 2.38. The lowest BCUT2D eigenvalue weighted by Crippen LogP contribution is -2.21. The van der Waals surface area contributed by atoms with Gasteiger partial charge in [0.05, 0.1) is 0 Å². The Morgan fingerprint density at radius 3 is 1.74 bits per heavy atom. The number of rotatable bonds is 4. The average molecular weight is 460 g/mol. The molecule has 2 heterocycles. The Labute approximate surface area is 168 Å². The Hall–Kier alpha value is -3.85. The molecule has 0 aliphatic heterocycles. The number of nitrogens with one attached hydrogen (secondary N) is 1. The molecule has 0 amide bonds. The molecule has 16 heteroatoms. The second kappa shape index (κ2) is 11.4. The van der Waals surface area contributed by atoms with Crippen LogP contribution in [0.1, 0.15) is 17.3 Å². The van der Waals surface area contributed by atoms with Crippen LogP contribution in [0.15, 0.2) is 30.7 Å². The smallest absolute Gasteiger partial charge is 0.481 e. The van der Waals surface area contributed by atoms with Crippen molar-refractivity contribution in [3.63, 3.8) is 0 Å². The summed E-state index contributed by atoms with van der Waals surface area (Å²) < 4.78 is 63.5. The standard InChI is InChI=1S/C11H12N4O2.2C2HF3O2/c12-9-2-1-7(6-15-9)5-8(11(16)17)10-13-3-4-14-10;2*3-2(4,5)1(6)7/h1-4,6,8H,5H2,(H2,12,15)(H,13,14)(H,16,17);2*(H,6,7). The SMILES string of the molecule is Nc1ccc(CC(C(=O)O)c2ncc[nH]2)cn1.O=C(O)C(F)(F)F.O=C(O)C(F)(F)F. The number of imidazole rings is 1. The number of aromatic amines is 1. The van der Waals surface area contributed by atoms with Gasteiger partial charge < -0.3 is 26.0 Å². The third-order valence-corrected chi connectivity index (χ3v) is 2.92. The molecule has 0 bridgehead atoms. The predicted octanol–water partition coefficient (Wildman–Crippen LogP) is 2.06. The molecular weight excluding hydrogens is 446 g/mol. The first-order valence-electron chi connectivity index (χ1n) is 7.58. The van der Waals surface area contributed by atoms with Crippen molar-refractivity contribution in [1.82, 2.24) is 15.0 Å². The van der Waals surface area contributed by atoms with Crippen molar-refractivity contribution >= 4 is 23.7 Å². The zero-order valence-electron chi connectivity index (χ0n) is 15.0. The van der Waals surface area contributed by atoms with Crippen molar-refractivity contribution < 1.29 is 56.0 Å². The molecule has 0 aliphatic rings. The van der Waals surface area contributed by atoms with E-state index in [0.717, 1.165) is 5.56 Å². The lowest BCUT2D eigenvalue weighted by Gasteiger charge is -2.09. The van der Waals surface area contributed by atoms with Crippen LogP contribution in [0, 0.1) is 0 Å². The van der Waals surface area contributed by atoms with Crippen LogP contribution in [-0.2, 0) is 20.8 Å². The summed E-state index contributed by atoms with van der Waals surface area (Å²) in [5, 5.41) is 23.4. The summed E-state index contributed by atoms with van der Waals surface area (Å²) in [4.78, 5) is 39.7. The van der Waals surface area contributed by atoms with E-state index in [1.807, 2.05) is 0 Å². The van der Waals surface area contributed by atoms with Gasteiger partial charge in [-0.3, -0.25) is 4.79 Å². The molecule has 0 spiro atoms. The summed E-state index contributed by atoms with van der Waals surface area (Å²) >= 11 is 0. The number of pyridine rings is 1. The van der Waals surface area contributed by atoms with Gasteiger partial charge in [-0.25, -0.2) is 19.6 Å². The van der Waals surface area contributed by atoms with Crippen LogP contribution < -0.4 is 5.73 Å². The summed E-state index contributed by atoms with van der Waals surface area (Å²) in [6.45, 7) is 0. The number of hydrogen-bond donors (Lipinski definition) is 5. The van der Waals surface area contributed by atoms with E-state index >= 15 is 0 Å². The van der Waals surface area contributed by atoms with Crippen molar-refractivity contribution in [3.8, 4) is 0 Å². The number of alkyl halides is 6. The van der Waals surface area contributed by atoms with Crippen LogP contribution in [0.5, 0.6) is 0 Å². The van der Waals surface area contributed by atoms with Gasteiger partial charge in [-0.05, 0) is 18.1 Å². The number of nitrogens with zero attached hydrogens (tertiary/aromatic N) is 2. The maximum Gasteiger partial charge on any atom is 0.490 e. The summed E-state index contributed by atoms with van der Waals surface area (Å²) in [5.41, 5.74) is 6.27. The molecule has 0 saturated carbocycles. The van der Waals surface area contributed by atoms with Gasteiger partial charge in [-0.15, -0.1) is 0 Å². The maximum atomic E-state index is 11.2. The lowest BCUT2D eigenvalue weighted by molar-refractivity contribution is -0.193. The van der Waals surface area contributed by atoms with Crippen LogP contribution in [-0.4, -0.2) is 60.5 Å². The minimum Gasteiger partial charge on any atom is -0.481 e. The molecular formula is C15H14F6N4O6. The highest BCUT2D eigenvalue weighted by molar-refractivity contribution is 5.75. The molecule has 6 N–H and O–H groups in total. The number of carboxylic acids is 3. The van der Waals surface area contributed by atoms with Crippen LogP contribution in [0.25, 0.3) is 0 Å². The number of halogens is 6. The van der Waals surface area contributed by atoms with Gasteiger partial charge in [0.15, 0.2) is 0 Å². The van der Waals surface area contributed by atoms with Crippen molar-refractivity contribution in [2.45, 2.75) is 24.7 Å². The Bertz CT molecular complexity index is 828. The van der Waals surface area contributed by atoms with Crippen LogP contribution in [0.2, 0.25) is 0 Å². The van der Waals surface area contributed by atoms with Gasteiger partial charge in [0.1, 0.15) is 17.6 Å². The van der Waals surface area contributed by atoms with Gasteiger partial charge >= 0.3 is 30.3 Å². The number of nitrogens with two attached hydrogens (primary N) is 1. The number of H-pyrrole nitrogens is 1. The number of aliphatic carboxylic acids is 3. The second-order valence-corrected chi connectivity index (χ2v) is 5.27. The molecule has 172 valence electrons. The van der Waals surface area contributed by atoms with Crippen molar-refractivity contribution in [2.24, 2.45) is 0 Å². The van der Waals surface area contributed by atoms with E-state index in [9.17, 15) is 31.1 Å². The number of aromatic nitrogens is 3. The first-order valence-corrected chi connectivity index (χ1v) is 7.58. The fourth-order valence-corrected chi connectivity index (χ4v) is 1.56. The van der Waals surface area contributed by atoms with E-state index in [1.54, 1.807) is 24.5 Å². The third-order valence-electron chi connectivity index (χ3n) is 2.92. The summed E-state index contributed by atoms with van der Waals surface area (Å²) in [6, 6.07) is 3.41. The van der Waals surface area contributed by atoms with Crippen molar-refractivity contribution in [1.29, 1.82) is 0 Å². The molecule has 0 saturated heterocycles. The fraction of sp³-hybridized carbons (Fsp3) is 0.267.